The van der Waals surface area contributed by atoms with Crippen LogP contribution in [0.5, 0.6) is 28.7 Å². The molecule has 1 heterocycles. The van der Waals surface area contributed by atoms with Crippen LogP contribution in [0.15, 0.2) is 30.3 Å². The third-order valence-electron chi connectivity index (χ3n) is 3.86. The lowest BCUT2D eigenvalue weighted by Crippen LogP contribution is -2.24. The minimum atomic E-state index is -1.03. The van der Waals surface area contributed by atoms with Crippen molar-refractivity contribution in [2.24, 2.45) is 0 Å². The number of aliphatic hydroxyl groups excluding tert-OH is 1. The van der Waals surface area contributed by atoms with Crippen LogP contribution in [-0.2, 0) is 0 Å². The predicted octanol–water partition coefficient (Wildman–Crippen LogP) is 2.02. The minimum absolute atomic E-state index is 0.104. The van der Waals surface area contributed by atoms with Gasteiger partial charge in [-0.25, -0.2) is 0 Å². The van der Waals surface area contributed by atoms with Crippen molar-refractivity contribution in [3.8, 4) is 28.7 Å². The van der Waals surface area contributed by atoms with Crippen molar-refractivity contribution < 1.29 is 29.9 Å². The summed E-state index contributed by atoms with van der Waals surface area (Å²) in [5, 5.41) is 39.9. The summed E-state index contributed by atoms with van der Waals surface area (Å²) < 4.78 is 10.5. The Labute approximate surface area is 126 Å². The van der Waals surface area contributed by atoms with Crippen molar-refractivity contribution >= 4 is 0 Å². The van der Waals surface area contributed by atoms with Crippen LogP contribution in [0.25, 0.3) is 0 Å². The van der Waals surface area contributed by atoms with Gasteiger partial charge in [-0.1, -0.05) is 12.1 Å². The second-order valence-electron chi connectivity index (χ2n) is 5.14. The van der Waals surface area contributed by atoms with Gasteiger partial charge in [-0.3, -0.25) is 0 Å². The predicted molar refractivity (Wildman–Crippen MR) is 77.6 cm³/mol. The Morgan fingerprint density at radius 2 is 1.82 bits per heavy atom. The van der Waals surface area contributed by atoms with Crippen LogP contribution in [0.2, 0.25) is 0 Å². The summed E-state index contributed by atoms with van der Waals surface area (Å²) in [7, 11) is 1.31. The third-order valence-corrected chi connectivity index (χ3v) is 3.86. The van der Waals surface area contributed by atoms with E-state index in [0.717, 1.165) is 5.56 Å². The van der Waals surface area contributed by atoms with E-state index in [4.69, 9.17) is 9.47 Å². The first-order valence-electron chi connectivity index (χ1n) is 6.75. The molecule has 0 saturated carbocycles. The highest BCUT2D eigenvalue weighted by molar-refractivity contribution is 5.62. The fraction of sp³-hybridized carbons (Fsp3) is 0.250. The van der Waals surface area contributed by atoms with Crippen molar-refractivity contribution in [2.45, 2.75) is 12.0 Å². The van der Waals surface area contributed by atoms with Gasteiger partial charge in [-0.15, -0.1) is 0 Å². The first-order chi connectivity index (χ1) is 10.5. The minimum Gasteiger partial charge on any atom is -0.508 e. The normalized spacial score (nSPS) is 20.1. The first kappa shape index (κ1) is 14.3. The lowest BCUT2D eigenvalue weighted by atomic mass is 9.87. The lowest BCUT2D eigenvalue weighted by Gasteiger charge is -2.31. The van der Waals surface area contributed by atoms with E-state index in [1.54, 1.807) is 12.1 Å². The van der Waals surface area contributed by atoms with E-state index in [2.05, 4.69) is 0 Å². The Morgan fingerprint density at radius 1 is 1.14 bits per heavy atom. The Kier molecular flexibility index (Phi) is 3.46. The fourth-order valence-corrected chi connectivity index (χ4v) is 2.71. The highest BCUT2D eigenvalue weighted by Gasteiger charge is 2.35. The molecule has 2 aromatic rings. The van der Waals surface area contributed by atoms with E-state index in [9.17, 15) is 20.4 Å². The Bertz CT molecular complexity index is 695. The molecule has 2 unspecified atom stereocenters. The zero-order chi connectivity index (χ0) is 15.9. The van der Waals surface area contributed by atoms with Crippen molar-refractivity contribution in [1.82, 2.24) is 0 Å². The molecular formula is C16H16O6. The highest BCUT2D eigenvalue weighted by Crippen LogP contribution is 2.51. The number of phenols is 3. The molecule has 1 aliphatic rings. The van der Waals surface area contributed by atoms with Gasteiger partial charge >= 0.3 is 0 Å². The van der Waals surface area contributed by atoms with E-state index >= 15 is 0 Å². The summed E-state index contributed by atoms with van der Waals surface area (Å²) in [6.07, 6.45) is -1.03. The summed E-state index contributed by atoms with van der Waals surface area (Å²) in [6, 6.07) is 7.73. The van der Waals surface area contributed by atoms with Crippen LogP contribution < -0.4 is 9.47 Å². The molecule has 116 valence electrons. The number of fused-ring (bicyclic) bond motifs is 1. The summed E-state index contributed by atoms with van der Waals surface area (Å²) in [5.74, 6) is -0.758. The monoisotopic (exact) mass is 304 g/mol. The summed E-state index contributed by atoms with van der Waals surface area (Å²) in [4.78, 5) is 0. The summed E-state index contributed by atoms with van der Waals surface area (Å²) in [6.45, 7) is 0.185. The zero-order valence-electron chi connectivity index (χ0n) is 11.9. The second-order valence-corrected chi connectivity index (χ2v) is 5.14. The Hall–Kier alpha value is -2.60. The molecule has 0 aromatic heterocycles. The highest BCUT2D eigenvalue weighted by atomic mass is 16.5. The number of aliphatic hydroxyl groups is 1. The molecule has 0 fully saturated rings. The average Bonchev–Trinajstić information content (AvgIpc) is 2.49. The molecule has 0 saturated heterocycles. The fourth-order valence-electron chi connectivity index (χ4n) is 2.71. The molecule has 4 N–H and O–H groups in total. The van der Waals surface area contributed by atoms with Crippen LogP contribution in [0.3, 0.4) is 0 Å². The Balaban J connectivity index is 2.05. The molecule has 0 bridgehead atoms. The number of benzene rings is 2. The SMILES string of the molecule is COc1c(O)cc2c(c1O)C(O)C(c1ccc(O)cc1)CO2. The molecule has 6 nitrogen and oxygen atoms in total. The lowest BCUT2D eigenvalue weighted by molar-refractivity contribution is 0.0851. The van der Waals surface area contributed by atoms with E-state index in [1.165, 1.54) is 25.3 Å². The maximum Gasteiger partial charge on any atom is 0.203 e. The van der Waals surface area contributed by atoms with Gasteiger partial charge < -0.3 is 29.9 Å². The van der Waals surface area contributed by atoms with Crippen LogP contribution >= 0.6 is 0 Å². The van der Waals surface area contributed by atoms with Crippen molar-refractivity contribution in [3.63, 3.8) is 0 Å². The molecule has 22 heavy (non-hydrogen) atoms. The molecule has 0 aliphatic carbocycles. The van der Waals surface area contributed by atoms with E-state index in [-0.39, 0.29) is 40.9 Å². The second kappa shape index (κ2) is 5.31. The molecule has 3 rings (SSSR count). The van der Waals surface area contributed by atoms with Crippen LogP contribution in [0.1, 0.15) is 23.1 Å². The molecule has 0 spiro atoms. The molecule has 0 amide bonds. The molecule has 0 radical (unpaired) electrons. The van der Waals surface area contributed by atoms with Gasteiger partial charge in [-0.05, 0) is 17.7 Å². The quantitative estimate of drug-likeness (QED) is 0.677. The number of hydrogen-bond acceptors (Lipinski definition) is 6. The van der Waals surface area contributed by atoms with Gasteiger partial charge in [0.25, 0.3) is 0 Å². The van der Waals surface area contributed by atoms with Gasteiger partial charge in [0.05, 0.1) is 25.4 Å². The van der Waals surface area contributed by atoms with Crippen LogP contribution in [0, 0.1) is 0 Å². The number of methoxy groups -OCH3 is 1. The smallest absolute Gasteiger partial charge is 0.203 e. The van der Waals surface area contributed by atoms with Gasteiger partial charge in [0.15, 0.2) is 11.5 Å². The van der Waals surface area contributed by atoms with E-state index in [0.29, 0.717) is 0 Å². The largest absolute Gasteiger partial charge is 0.508 e. The molecule has 1 aliphatic heterocycles. The summed E-state index contributed by atoms with van der Waals surface area (Å²) >= 11 is 0. The van der Waals surface area contributed by atoms with Crippen molar-refractivity contribution in [1.29, 1.82) is 0 Å². The van der Waals surface area contributed by atoms with Gasteiger partial charge in [0.1, 0.15) is 11.5 Å². The number of aromatic hydroxyl groups is 3. The van der Waals surface area contributed by atoms with Crippen LogP contribution in [-0.4, -0.2) is 34.1 Å². The topological polar surface area (TPSA) is 99.4 Å². The van der Waals surface area contributed by atoms with Crippen molar-refractivity contribution in [3.05, 3.63) is 41.5 Å². The van der Waals surface area contributed by atoms with Crippen molar-refractivity contribution in [2.75, 3.05) is 13.7 Å². The summed E-state index contributed by atoms with van der Waals surface area (Å²) in [5.41, 5.74) is 0.946. The number of rotatable bonds is 2. The standard InChI is InChI=1S/C16H16O6/c1-21-16-11(18)6-12-13(15(16)20)14(19)10(7-22-12)8-2-4-9(17)5-3-8/h2-6,10,14,17-20H,7H2,1H3. The van der Waals surface area contributed by atoms with Gasteiger partial charge in [-0.2, -0.15) is 0 Å². The Morgan fingerprint density at radius 3 is 2.45 bits per heavy atom. The molecule has 2 aromatic carbocycles. The zero-order valence-corrected chi connectivity index (χ0v) is 11.9. The van der Waals surface area contributed by atoms with E-state index in [1.807, 2.05) is 0 Å². The third kappa shape index (κ3) is 2.17. The first-order valence-corrected chi connectivity index (χ1v) is 6.75. The van der Waals surface area contributed by atoms with Gasteiger partial charge in [0, 0.05) is 12.0 Å². The van der Waals surface area contributed by atoms with E-state index < -0.39 is 12.0 Å². The van der Waals surface area contributed by atoms with Crippen LogP contribution in [0.4, 0.5) is 0 Å². The van der Waals surface area contributed by atoms with Gasteiger partial charge in [0.2, 0.25) is 5.75 Å². The number of phenolic OH excluding ortho intramolecular Hbond substituents is 3. The average molecular weight is 304 g/mol. The maximum atomic E-state index is 10.6. The molecular weight excluding hydrogens is 288 g/mol. The maximum absolute atomic E-state index is 10.6. The number of ether oxygens (including phenoxy) is 2. The molecule has 2 atom stereocenters. The number of hydrogen-bond donors (Lipinski definition) is 4. The molecule has 6 heteroatoms.